The lowest BCUT2D eigenvalue weighted by Gasteiger charge is -1.99. The molecule has 1 aromatic rings. The van der Waals surface area contributed by atoms with Crippen LogP contribution in [0.4, 0.5) is 5.13 Å². The van der Waals surface area contributed by atoms with Crippen molar-refractivity contribution in [2.75, 3.05) is 24.2 Å². The Morgan fingerprint density at radius 3 is 3.00 bits per heavy atom. The molecule has 0 saturated heterocycles. The van der Waals surface area contributed by atoms with Crippen molar-refractivity contribution in [3.8, 4) is 0 Å². The van der Waals surface area contributed by atoms with Gasteiger partial charge in [0.15, 0.2) is 0 Å². The Hall–Kier alpha value is -0.820. The van der Waals surface area contributed by atoms with Crippen LogP contribution in [0.25, 0.3) is 0 Å². The summed E-state index contributed by atoms with van der Waals surface area (Å²) in [5, 5.41) is 12.8. The number of carbonyl (C=O) groups excluding carboxylic acids is 1. The predicted molar refractivity (Wildman–Crippen MR) is 66.9 cm³/mol. The zero-order valence-corrected chi connectivity index (χ0v) is 11.0. The number of nitrogens with one attached hydrogen (secondary N) is 1. The number of thioether (sulfide) groups is 1. The average molecular weight is 261 g/mol. The van der Waals surface area contributed by atoms with E-state index in [1.54, 1.807) is 6.92 Å². The van der Waals surface area contributed by atoms with Crippen molar-refractivity contribution in [2.24, 2.45) is 0 Å². The lowest BCUT2D eigenvalue weighted by molar-refractivity contribution is -0.139. The molecule has 0 radical (unpaired) electrons. The molecule has 0 bridgehead atoms. The molecule has 0 saturated carbocycles. The second-order valence-corrected chi connectivity index (χ2v) is 4.88. The van der Waals surface area contributed by atoms with Crippen molar-refractivity contribution in [1.82, 2.24) is 10.2 Å². The molecule has 5 nitrogen and oxygen atoms in total. The number of esters is 1. The number of anilines is 1. The van der Waals surface area contributed by atoms with Crippen LogP contribution in [0, 0.1) is 0 Å². The highest BCUT2D eigenvalue weighted by atomic mass is 32.2. The quantitative estimate of drug-likeness (QED) is 0.755. The van der Waals surface area contributed by atoms with Gasteiger partial charge in [-0.2, -0.15) is 0 Å². The number of nitrogens with zero attached hydrogens (tertiary/aromatic N) is 2. The van der Waals surface area contributed by atoms with Gasteiger partial charge >= 0.3 is 5.97 Å². The summed E-state index contributed by atoms with van der Waals surface area (Å²) in [5.41, 5.74) is 0. The van der Waals surface area contributed by atoms with E-state index in [2.05, 4.69) is 15.5 Å². The van der Waals surface area contributed by atoms with Crippen LogP contribution in [-0.2, 0) is 15.3 Å². The van der Waals surface area contributed by atoms with Crippen molar-refractivity contribution < 1.29 is 9.53 Å². The van der Waals surface area contributed by atoms with Gasteiger partial charge in [-0.3, -0.25) is 4.79 Å². The number of ether oxygens (including phenoxy) is 1. The van der Waals surface area contributed by atoms with Crippen LogP contribution in [-0.4, -0.2) is 35.1 Å². The molecule has 0 atom stereocenters. The Morgan fingerprint density at radius 2 is 2.31 bits per heavy atom. The number of carbonyl (C=O) groups is 1. The molecule has 7 heteroatoms. The highest BCUT2D eigenvalue weighted by Gasteiger charge is 2.06. The van der Waals surface area contributed by atoms with Gasteiger partial charge in [0.25, 0.3) is 0 Å². The van der Waals surface area contributed by atoms with Gasteiger partial charge in [0.05, 0.1) is 12.4 Å². The summed E-state index contributed by atoms with van der Waals surface area (Å²) < 4.78 is 4.82. The fraction of sp³-hybridized carbons (Fsp3) is 0.667. The van der Waals surface area contributed by atoms with Crippen LogP contribution in [0.2, 0.25) is 0 Å². The van der Waals surface area contributed by atoms with E-state index in [0.29, 0.717) is 18.1 Å². The molecule has 0 amide bonds. The fourth-order valence-electron chi connectivity index (χ4n) is 0.959. The van der Waals surface area contributed by atoms with E-state index in [0.717, 1.165) is 16.7 Å². The summed E-state index contributed by atoms with van der Waals surface area (Å²) in [4.78, 5) is 11.1. The Labute approximate surface area is 103 Å². The minimum Gasteiger partial charge on any atom is -0.465 e. The third kappa shape index (κ3) is 4.80. The van der Waals surface area contributed by atoms with Gasteiger partial charge in [0, 0.05) is 12.3 Å². The van der Waals surface area contributed by atoms with E-state index in [-0.39, 0.29) is 5.97 Å². The van der Waals surface area contributed by atoms with Crippen molar-refractivity contribution in [1.29, 1.82) is 0 Å². The van der Waals surface area contributed by atoms with Gasteiger partial charge in [-0.1, -0.05) is 11.3 Å². The maximum atomic E-state index is 11.1. The average Bonchev–Trinajstić information content (AvgIpc) is 2.67. The van der Waals surface area contributed by atoms with E-state index < -0.39 is 0 Å². The molecule has 0 aliphatic carbocycles. The first-order valence-corrected chi connectivity index (χ1v) is 7.03. The Balaban J connectivity index is 2.23. The monoisotopic (exact) mass is 261 g/mol. The molecule has 0 spiro atoms. The first-order valence-electron chi connectivity index (χ1n) is 5.05. The van der Waals surface area contributed by atoms with E-state index >= 15 is 0 Å². The minimum atomic E-state index is -0.177. The minimum absolute atomic E-state index is 0.177. The molecule has 90 valence electrons. The van der Waals surface area contributed by atoms with Crippen LogP contribution in [0.15, 0.2) is 0 Å². The molecule has 1 rings (SSSR count). The molecule has 1 N–H and O–H groups in total. The van der Waals surface area contributed by atoms with Crippen molar-refractivity contribution in [3.05, 3.63) is 5.01 Å². The summed E-state index contributed by atoms with van der Waals surface area (Å²) in [6.45, 7) is 5.08. The van der Waals surface area contributed by atoms with Crippen molar-refractivity contribution >= 4 is 34.2 Å². The van der Waals surface area contributed by atoms with Gasteiger partial charge < -0.3 is 10.1 Å². The molecule has 0 unspecified atom stereocenters. The molecular weight excluding hydrogens is 246 g/mol. The SMILES string of the molecule is CCNc1nnc(CSCC(=O)OCC)s1. The molecule has 0 fully saturated rings. The second-order valence-electron chi connectivity index (χ2n) is 2.83. The van der Waals surface area contributed by atoms with Crippen LogP contribution in [0.1, 0.15) is 18.9 Å². The number of hydrogen-bond donors (Lipinski definition) is 1. The predicted octanol–water partition coefficient (Wildman–Crippen LogP) is 1.77. The van der Waals surface area contributed by atoms with Crippen LogP contribution in [0.5, 0.6) is 0 Å². The highest BCUT2D eigenvalue weighted by molar-refractivity contribution is 7.99. The highest BCUT2D eigenvalue weighted by Crippen LogP contribution is 2.19. The molecule has 0 aliphatic rings. The maximum absolute atomic E-state index is 11.1. The molecule has 1 heterocycles. The first-order chi connectivity index (χ1) is 7.76. The van der Waals surface area contributed by atoms with Crippen LogP contribution in [0.3, 0.4) is 0 Å². The third-order valence-electron chi connectivity index (χ3n) is 1.55. The van der Waals surface area contributed by atoms with Crippen molar-refractivity contribution in [3.63, 3.8) is 0 Å². The Morgan fingerprint density at radius 1 is 1.50 bits per heavy atom. The molecular formula is C9H15N3O2S2. The van der Waals surface area contributed by atoms with Gasteiger partial charge in [-0.25, -0.2) is 0 Å². The van der Waals surface area contributed by atoms with Gasteiger partial charge in [-0.05, 0) is 13.8 Å². The maximum Gasteiger partial charge on any atom is 0.315 e. The first kappa shape index (κ1) is 13.2. The van der Waals surface area contributed by atoms with Gasteiger partial charge in [-0.15, -0.1) is 22.0 Å². The van der Waals surface area contributed by atoms with Crippen LogP contribution < -0.4 is 5.32 Å². The summed E-state index contributed by atoms with van der Waals surface area (Å²) in [6, 6.07) is 0. The van der Waals surface area contributed by atoms with E-state index in [4.69, 9.17) is 4.74 Å². The lowest BCUT2D eigenvalue weighted by Crippen LogP contribution is -2.06. The zero-order chi connectivity index (χ0) is 11.8. The molecule has 0 aromatic carbocycles. The summed E-state index contributed by atoms with van der Waals surface area (Å²) in [6.07, 6.45) is 0. The topological polar surface area (TPSA) is 64.1 Å². The smallest absolute Gasteiger partial charge is 0.315 e. The Kier molecular flexibility index (Phi) is 6.17. The molecule has 16 heavy (non-hydrogen) atoms. The van der Waals surface area contributed by atoms with E-state index in [1.807, 2.05) is 6.92 Å². The summed E-state index contributed by atoms with van der Waals surface area (Å²) >= 11 is 3.01. The molecule has 0 aliphatic heterocycles. The third-order valence-corrected chi connectivity index (χ3v) is 3.53. The van der Waals surface area contributed by atoms with E-state index in [9.17, 15) is 4.79 Å². The van der Waals surface area contributed by atoms with Gasteiger partial charge in [0.1, 0.15) is 5.01 Å². The van der Waals surface area contributed by atoms with E-state index in [1.165, 1.54) is 23.1 Å². The number of rotatable bonds is 7. The second kappa shape index (κ2) is 7.45. The van der Waals surface area contributed by atoms with Gasteiger partial charge in [0.2, 0.25) is 5.13 Å². The normalized spacial score (nSPS) is 10.1. The summed E-state index contributed by atoms with van der Waals surface area (Å²) in [7, 11) is 0. The number of aromatic nitrogens is 2. The molecule has 1 aromatic heterocycles. The van der Waals surface area contributed by atoms with Crippen LogP contribution >= 0.6 is 23.1 Å². The standard InChI is InChI=1S/C9H15N3O2S2/c1-3-10-9-12-11-7(16-9)5-15-6-8(13)14-4-2/h3-6H2,1-2H3,(H,10,12). The zero-order valence-electron chi connectivity index (χ0n) is 9.36. The lowest BCUT2D eigenvalue weighted by atomic mass is 10.8. The fourth-order valence-corrected chi connectivity index (χ4v) is 2.63. The number of hydrogen-bond acceptors (Lipinski definition) is 7. The van der Waals surface area contributed by atoms with Crippen molar-refractivity contribution in [2.45, 2.75) is 19.6 Å². The largest absolute Gasteiger partial charge is 0.465 e. The Bertz CT molecular complexity index is 330. The summed E-state index contributed by atoms with van der Waals surface area (Å²) in [5.74, 6) is 0.884.